The Morgan fingerprint density at radius 3 is 2.78 bits per heavy atom. The van der Waals surface area contributed by atoms with E-state index < -0.39 is 0 Å². The largest absolute Gasteiger partial charge is 0.459 e. The van der Waals surface area contributed by atoms with Gasteiger partial charge in [-0.3, -0.25) is 4.79 Å². The molecule has 1 amide bonds. The normalized spacial score (nSPS) is 12.5. The van der Waals surface area contributed by atoms with Crippen LogP contribution in [-0.4, -0.2) is 22.8 Å². The van der Waals surface area contributed by atoms with Crippen LogP contribution in [0, 0.1) is 0 Å². The third kappa shape index (κ3) is 3.74. The third-order valence-corrected chi connectivity index (χ3v) is 6.05. The van der Waals surface area contributed by atoms with Gasteiger partial charge in [0.05, 0.1) is 21.3 Å². The second-order valence-corrected chi connectivity index (χ2v) is 7.91. The predicted octanol–water partition coefficient (Wildman–Crippen LogP) is 5.58. The van der Waals surface area contributed by atoms with Gasteiger partial charge >= 0.3 is 0 Å². The highest BCUT2D eigenvalue weighted by Crippen LogP contribution is 2.27. The minimum absolute atomic E-state index is 0.0904. The lowest BCUT2D eigenvalue weighted by atomic mass is 10.1. The Morgan fingerprint density at radius 1 is 1.19 bits per heavy atom. The van der Waals surface area contributed by atoms with Crippen LogP contribution in [0.5, 0.6) is 0 Å². The molecule has 4 nitrogen and oxygen atoms in total. The molecular weight excluding hydrogens is 356 g/mol. The number of fused-ring (bicyclic) bond motifs is 2. The summed E-state index contributed by atoms with van der Waals surface area (Å²) in [6.07, 6.45) is 2.14. The summed E-state index contributed by atoms with van der Waals surface area (Å²) in [6.45, 7) is 2.00. The highest BCUT2D eigenvalue weighted by molar-refractivity contribution is 7.18. The molecule has 0 saturated carbocycles. The van der Waals surface area contributed by atoms with Gasteiger partial charge < -0.3 is 9.32 Å². The van der Waals surface area contributed by atoms with Crippen molar-refractivity contribution in [3.05, 3.63) is 65.4 Å². The van der Waals surface area contributed by atoms with Gasteiger partial charge in [-0.2, -0.15) is 0 Å². The molecule has 1 unspecified atom stereocenters. The zero-order valence-corrected chi connectivity index (χ0v) is 16.3. The fourth-order valence-corrected chi connectivity index (χ4v) is 4.22. The quantitative estimate of drug-likeness (QED) is 0.440. The zero-order valence-electron chi connectivity index (χ0n) is 15.5. The van der Waals surface area contributed by atoms with Gasteiger partial charge in [-0.15, -0.1) is 11.3 Å². The van der Waals surface area contributed by atoms with Crippen molar-refractivity contribution >= 4 is 38.4 Å². The molecule has 0 fully saturated rings. The monoisotopic (exact) mass is 378 g/mol. The number of benzene rings is 2. The molecule has 2 aromatic heterocycles. The average Bonchev–Trinajstić information content (AvgIpc) is 3.30. The second kappa shape index (κ2) is 7.53. The molecule has 0 bridgehead atoms. The first-order valence-corrected chi connectivity index (χ1v) is 10.0. The van der Waals surface area contributed by atoms with Gasteiger partial charge in [-0.05, 0) is 44.0 Å². The van der Waals surface area contributed by atoms with Crippen LogP contribution in [0.3, 0.4) is 0 Å². The summed E-state index contributed by atoms with van der Waals surface area (Å²) in [4.78, 5) is 19.0. The Bertz CT molecular complexity index is 1020. The molecule has 0 aliphatic carbocycles. The Kier molecular flexibility index (Phi) is 4.94. The first-order valence-electron chi connectivity index (χ1n) is 9.20. The standard InChI is InChI=1S/C22H22N2O2S/c1-15(19-14-16-8-3-5-10-18(16)26-19)24(2)22(25)13-7-12-21-23-17-9-4-6-11-20(17)27-21/h3-6,8-11,14-15H,7,12-13H2,1-2H3. The molecule has 27 heavy (non-hydrogen) atoms. The number of carbonyl (C=O) groups is 1. The van der Waals surface area contributed by atoms with Crippen molar-refractivity contribution < 1.29 is 9.21 Å². The molecule has 2 aromatic carbocycles. The Labute approximate surface area is 162 Å². The van der Waals surface area contributed by atoms with Crippen molar-refractivity contribution in [1.82, 2.24) is 9.88 Å². The number of amides is 1. The number of para-hydroxylation sites is 2. The Morgan fingerprint density at radius 2 is 1.96 bits per heavy atom. The molecule has 1 atom stereocenters. The van der Waals surface area contributed by atoms with E-state index in [0.29, 0.717) is 6.42 Å². The molecule has 0 aliphatic heterocycles. The van der Waals surface area contributed by atoms with Crippen molar-refractivity contribution in [3.8, 4) is 0 Å². The molecule has 2 heterocycles. The van der Waals surface area contributed by atoms with Crippen LogP contribution in [0.25, 0.3) is 21.2 Å². The van der Waals surface area contributed by atoms with Gasteiger partial charge in [0.2, 0.25) is 5.91 Å². The second-order valence-electron chi connectivity index (χ2n) is 6.80. The van der Waals surface area contributed by atoms with Gasteiger partial charge in [-0.25, -0.2) is 4.98 Å². The number of aryl methyl sites for hydroxylation is 1. The molecule has 4 aromatic rings. The molecule has 0 N–H and O–H groups in total. The van der Waals surface area contributed by atoms with Crippen LogP contribution in [0.15, 0.2) is 59.0 Å². The van der Waals surface area contributed by atoms with E-state index in [1.54, 1.807) is 16.2 Å². The summed E-state index contributed by atoms with van der Waals surface area (Å²) >= 11 is 1.71. The van der Waals surface area contributed by atoms with Crippen LogP contribution in [0.4, 0.5) is 0 Å². The number of carbonyl (C=O) groups excluding carboxylic acids is 1. The summed E-state index contributed by atoms with van der Waals surface area (Å²) in [7, 11) is 1.85. The maximum atomic E-state index is 12.6. The number of aromatic nitrogens is 1. The van der Waals surface area contributed by atoms with Gasteiger partial charge in [-0.1, -0.05) is 30.3 Å². The number of nitrogens with zero attached hydrogens (tertiary/aromatic N) is 2. The van der Waals surface area contributed by atoms with E-state index >= 15 is 0 Å². The number of rotatable bonds is 6. The van der Waals surface area contributed by atoms with Crippen molar-refractivity contribution in [2.75, 3.05) is 7.05 Å². The van der Waals surface area contributed by atoms with Crippen molar-refractivity contribution in [2.24, 2.45) is 0 Å². The van der Waals surface area contributed by atoms with Crippen LogP contribution in [0.2, 0.25) is 0 Å². The Balaban J connectivity index is 1.35. The Hall–Kier alpha value is -2.66. The number of furan rings is 1. The highest BCUT2D eigenvalue weighted by Gasteiger charge is 2.20. The van der Waals surface area contributed by atoms with Gasteiger partial charge in [0, 0.05) is 18.9 Å². The minimum atomic E-state index is -0.0904. The maximum Gasteiger partial charge on any atom is 0.222 e. The lowest BCUT2D eigenvalue weighted by molar-refractivity contribution is -0.132. The van der Waals surface area contributed by atoms with Gasteiger partial charge in [0.25, 0.3) is 0 Å². The summed E-state index contributed by atoms with van der Waals surface area (Å²) < 4.78 is 7.11. The molecule has 4 rings (SSSR count). The van der Waals surface area contributed by atoms with Crippen LogP contribution < -0.4 is 0 Å². The van der Waals surface area contributed by atoms with Crippen molar-refractivity contribution in [1.29, 1.82) is 0 Å². The minimum Gasteiger partial charge on any atom is -0.459 e. The van der Waals surface area contributed by atoms with Gasteiger partial charge in [0.1, 0.15) is 11.3 Å². The smallest absolute Gasteiger partial charge is 0.222 e. The summed E-state index contributed by atoms with van der Waals surface area (Å²) in [5.74, 6) is 0.947. The number of hydrogen-bond acceptors (Lipinski definition) is 4. The molecule has 0 spiro atoms. The lowest BCUT2D eigenvalue weighted by Gasteiger charge is -2.23. The first-order chi connectivity index (χ1) is 13.1. The average molecular weight is 378 g/mol. The van der Waals surface area contributed by atoms with E-state index in [1.807, 2.05) is 62.5 Å². The summed E-state index contributed by atoms with van der Waals surface area (Å²) in [5, 5.41) is 2.16. The zero-order chi connectivity index (χ0) is 18.8. The number of hydrogen-bond donors (Lipinski definition) is 0. The fourth-order valence-electron chi connectivity index (χ4n) is 3.21. The molecule has 0 radical (unpaired) electrons. The van der Waals surface area contributed by atoms with E-state index in [1.165, 1.54) is 4.70 Å². The number of thiazole rings is 1. The van der Waals surface area contributed by atoms with Crippen LogP contribution in [0.1, 0.15) is 36.6 Å². The molecule has 5 heteroatoms. The predicted molar refractivity (Wildman–Crippen MR) is 110 cm³/mol. The topological polar surface area (TPSA) is 46.3 Å². The van der Waals surface area contributed by atoms with Crippen molar-refractivity contribution in [3.63, 3.8) is 0 Å². The molecule has 138 valence electrons. The third-order valence-electron chi connectivity index (χ3n) is 4.95. The lowest BCUT2D eigenvalue weighted by Crippen LogP contribution is -2.29. The highest BCUT2D eigenvalue weighted by atomic mass is 32.1. The summed E-state index contributed by atoms with van der Waals surface area (Å²) in [5.41, 5.74) is 1.90. The maximum absolute atomic E-state index is 12.6. The van der Waals surface area contributed by atoms with E-state index in [9.17, 15) is 4.79 Å². The van der Waals surface area contributed by atoms with E-state index in [0.717, 1.165) is 40.1 Å². The molecule has 0 saturated heterocycles. The van der Waals surface area contributed by atoms with Crippen molar-refractivity contribution in [2.45, 2.75) is 32.2 Å². The van der Waals surface area contributed by atoms with Gasteiger partial charge in [0.15, 0.2) is 0 Å². The van der Waals surface area contributed by atoms with E-state index in [4.69, 9.17) is 4.42 Å². The van der Waals surface area contributed by atoms with E-state index in [2.05, 4.69) is 11.1 Å². The van der Waals surface area contributed by atoms with Crippen LogP contribution in [-0.2, 0) is 11.2 Å². The van der Waals surface area contributed by atoms with E-state index in [-0.39, 0.29) is 11.9 Å². The fraction of sp³-hybridized carbons (Fsp3) is 0.273. The summed E-state index contributed by atoms with van der Waals surface area (Å²) in [6, 6.07) is 18.0. The molecule has 0 aliphatic rings. The SMILES string of the molecule is CC(c1cc2ccccc2o1)N(C)C(=O)CCCc1nc2ccccc2s1. The van der Waals surface area contributed by atoms with Crippen LogP contribution >= 0.6 is 11.3 Å². The molecular formula is C22H22N2O2S. The first kappa shape index (κ1) is 17.7.